The number of nitrogens with two attached hydrogens (primary N) is 1. The van der Waals surface area contributed by atoms with Crippen molar-refractivity contribution in [3.63, 3.8) is 0 Å². The van der Waals surface area contributed by atoms with Crippen LogP contribution in [0.2, 0.25) is 0 Å². The van der Waals surface area contributed by atoms with Gasteiger partial charge in [-0.25, -0.2) is 4.39 Å². The Hall–Kier alpha value is -1.62. The largest absolute Gasteiger partial charge is 0.399 e. The Balaban J connectivity index is 2.63. The number of carbonyl (C=O) groups excluding carboxylic acids is 1. The van der Waals surface area contributed by atoms with E-state index in [2.05, 4.69) is 24.1 Å². The van der Waals surface area contributed by atoms with E-state index >= 15 is 0 Å². The molecule has 5 heteroatoms. The van der Waals surface area contributed by atoms with E-state index in [1.807, 2.05) is 6.92 Å². The number of anilines is 1. The number of benzene rings is 1. The molecule has 3 N–H and O–H groups in total. The number of amides is 1. The van der Waals surface area contributed by atoms with Crippen molar-refractivity contribution in [3.8, 4) is 0 Å². The summed E-state index contributed by atoms with van der Waals surface area (Å²) in [7, 11) is 0. The summed E-state index contributed by atoms with van der Waals surface area (Å²) >= 11 is 0. The molecule has 0 bridgehead atoms. The van der Waals surface area contributed by atoms with E-state index in [0.29, 0.717) is 5.69 Å². The molecule has 1 unspecified atom stereocenters. The van der Waals surface area contributed by atoms with E-state index in [1.165, 1.54) is 12.1 Å². The van der Waals surface area contributed by atoms with E-state index in [-0.39, 0.29) is 11.6 Å². The predicted octanol–water partition coefficient (Wildman–Crippen LogP) is 1.87. The minimum Gasteiger partial charge on any atom is -0.399 e. The zero-order chi connectivity index (χ0) is 14.4. The molecule has 4 nitrogen and oxygen atoms in total. The van der Waals surface area contributed by atoms with Crippen molar-refractivity contribution < 1.29 is 9.18 Å². The summed E-state index contributed by atoms with van der Waals surface area (Å²) in [6, 6.07) is 4.05. The highest BCUT2D eigenvalue weighted by Gasteiger charge is 2.15. The van der Waals surface area contributed by atoms with Crippen LogP contribution in [0.1, 0.15) is 31.1 Å². The van der Waals surface area contributed by atoms with Gasteiger partial charge in [-0.3, -0.25) is 4.79 Å². The third-order valence-electron chi connectivity index (χ3n) is 3.04. The number of nitrogens with zero attached hydrogens (tertiary/aromatic N) is 1. The zero-order valence-electron chi connectivity index (χ0n) is 11.7. The van der Waals surface area contributed by atoms with Crippen LogP contribution in [0, 0.1) is 5.82 Å². The van der Waals surface area contributed by atoms with Crippen LogP contribution in [0.15, 0.2) is 18.2 Å². The summed E-state index contributed by atoms with van der Waals surface area (Å²) in [5.74, 6) is -0.996. The molecular weight excluding hydrogens is 245 g/mol. The van der Waals surface area contributed by atoms with Crippen LogP contribution in [-0.4, -0.2) is 36.5 Å². The van der Waals surface area contributed by atoms with Gasteiger partial charge in [0, 0.05) is 18.3 Å². The fourth-order valence-electron chi connectivity index (χ4n) is 1.93. The first kappa shape index (κ1) is 15.4. The van der Waals surface area contributed by atoms with Gasteiger partial charge in [0.25, 0.3) is 5.91 Å². The molecule has 0 heterocycles. The van der Waals surface area contributed by atoms with Crippen molar-refractivity contribution in [2.75, 3.05) is 25.4 Å². The highest BCUT2D eigenvalue weighted by atomic mass is 19.1. The Morgan fingerprint density at radius 3 is 2.58 bits per heavy atom. The molecule has 0 saturated carbocycles. The van der Waals surface area contributed by atoms with Gasteiger partial charge < -0.3 is 16.0 Å². The normalized spacial score (nSPS) is 12.5. The summed E-state index contributed by atoms with van der Waals surface area (Å²) in [5, 5.41) is 2.79. The van der Waals surface area contributed by atoms with Crippen LogP contribution in [0.4, 0.5) is 10.1 Å². The molecule has 0 aliphatic heterocycles. The summed E-state index contributed by atoms with van der Waals surface area (Å²) in [6.07, 6.45) is 0. The summed E-state index contributed by atoms with van der Waals surface area (Å²) in [5.41, 5.74) is 5.79. The number of carbonyl (C=O) groups is 1. The number of rotatable bonds is 6. The van der Waals surface area contributed by atoms with E-state index in [9.17, 15) is 9.18 Å². The summed E-state index contributed by atoms with van der Waals surface area (Å²) in [6.45, 7) is 8.63. The molecule has 1 amide bonds. The number of hydrogen-bond acceptors (Lipinski definition) is 3. The molecule has 1 atom stereocenters. The van der Waals surface area contributed by atoms with Crippen molar-refractivity contribution in [2.45, 2.75) is 26.8 Å². The average molecular weight is 267 g/mol. The van der Waals surface area contributed by atoms with Gasteiger partial charge in [-0.05, 0) is 38.2 Å². The molecular formula is C14H22FN3O. The maximum Gasteiger partial charge on any atom is 0.254 e. The second-order valence-electron chi connectivity index (χ2n) is 4.60. The molecule has 0 aliphatic rings. The molecule has 1 rings (SSSR count). The topological polar surface area (TPSA) is 58.4 Å². The van der Waals surface area contributed by atoms with Crippen molar-refractivity contribution in [1.29, 1.82) is 0 Å². The van der Waals surface area contributed by atoms with Crippen LogP contribution in [0.5, 0.6) is 0 Å². The summed E-state index contributed by atoms with van der Waals surface area (Å²) in [4.78, 5) is 14.1. The highest BCUT2D eigenvalue weighted by Crippen LogP contribution is 2.11. The van der Waals surface area contributed by atoms with Crippen molar-refractivity contribution in [1.82, 2.24) is 10.2 Å². The molecule has 0 radical (unpaired) electrons. The van der Waals surface area contributed by atoms with Crippen molar-refractivity contribution in [3.05, 3.63) is 29.6 Å². The smallest absolute Gasteiger partial charge is 0.254 e. The minimum absolute atomic E-state index is 0.0283. The average Bonchev–Trinajstić information content (AvgIpc) is 2.35. The molecule has 0 fully saturated rings. The van der Waals surface area contributed by atoms with Gasteiger partial charge in [-0.2, -0.15) is 0 Å². The number of nitrogens with one attached hydrogen (secondary N) is 1. The van der Waals surface area contributed by atoms with Gasteiger partial charge in [0.05, 0.1) is 5.56 Å². The lowest BCUT2D eigenvalue weighted by molar-refractivity contribution is 0.0926. The van der Waals surface area contributed by atoms with E-state index in [4.69, 9.17) is 5.73 Å². The number of halogens is 1. The molecule has 0 aromatic heterocycles. The number of likely N-dealkylation sites (N-methyl/N-ethyl adjacent to an activating group) is 1. The van der Waals surface area contributed by atoms with Crippen molar-refractivity contribution in [2.24, 2.45) is 0 Å². The first-order valence-electron chi connectivity index (χ1n) is 6.56. The van der Waals surface area contributed by atoms with Gasteiger partial charge in [-0.1, -0.05) is 13.8 Å². The van der Waals surface area contributed by atoms with Gasteiger partial charge >= 0.3 is 0 Å². The summed E-state index contributed by atoms with van der Waals surface area (Å²) < 4.78 is 13.6. The van der Waals surface area contributed by atoms with Crippen LogP contribution >= 0.6 is 0 Å². The lowest BCUT2D eigenvalue weighted by Gasteiger charge is -2.23. The second kappa shape index (κ2) is 7.09. The monoisotopic (exact) mass is 267 g/mol. The molecule has 0 spiro atoms. The van der Waals surface area contributed by atoms with Crippen molar-refractivity contribution >= 4 is 11.6 Å². The van der Waals surface area contributed by atoms with Gasteiger partial charge in [0.15, 0.2) is 0 Å². The second-order valence-corrected chi connectivity index (χ2v) is 4.60. The van der Waals surface area contributed by atoms with Crippen LogP contribution in [0.3, 0.4) is 0 Å². The quantitative estimate of drug-likeness (QED) is 0.774. The lowest BCUT2D eigenvalue weighted by atomic mass is 10.1. The first-order valence-corrected chi connectivity index (χ1v) is 6.56. The third kappa shape index (κ3) is 4.52. The fourth-order valence-corrected chi connectivity index (χ4v) is 1.93. The zero-order valence-corrected chi connectivity index (χ0v) is 11.7. The van der Waals surface area contributed by atoms with Crippen LogP contribution in [-0.2, 0) is 0 Å². The standard InChI is InChI=1S/C14H22FN3O/c1-4-18(5-2)9-10(3)17-14(19)12-7-6-11(16)8-13(12)15/h6-8,10H,4-5,9,16H2,1-3H3,(H,17,19). The Morgan fingerprint density at radius 2 is 2.05 bits per heavy atom. The highest BCUT2D eigenvalue weighted by molar-refractivity contribution is 5.95. The maximum atomic E-state index is 13.6. The number of nitrogen functional groups attached to an aromatic ring is 1. The minimum atomic E-state index is -0.590. The SMILES string of the molecule is CCN(CC)CC(C)NC(=O)c1ccc(N)cc1F. The fraction of sp³-hybridized carbons (Fsp3) is 0.500. The van der Waals surface area contributed by atoms with E-state index in [1.54, 1.807) is 0 Å². The molecule has 19 heavy (non-hydrogen) atoms. The Morgan fingerprint density at radius 1 is 1.42 bits per heavy atom. The third-order valence-corrected chi connectivity index (χ3v) is 3.04. The van der Waals surface area contributed by atoms with E-state index in [0.717, 1.165) is 25.7 Å². The first-order chi connectivity index (χ1) is 8.97. The predicted molar refractivity (Wildman–Crippen MR) is 75.5 cm³/mol. The molecule has 1 aromatic rings. The lowest BCUT2D eigenvalue weighted by Crippen LogP contribution is -2.42. The molecule has 0 saturated heterocycles. The molecule has 0 aliphatic carbocycles. The Bertz CT molecular complexity index is 433. The maximum absolute atomic E-state index is 13.6. The van der Waals surface area contributed by atoms with E-state index < -0.39 is 11.7 Å². The van der Waals surface area contributed by atoms with Crippen LogP contribution in [0.25, 0.3) is 0 Å². The Labute approximate surface area is 113 Å². The molecule has 106 valence electrons. The molecule has 1 aromatic carbocycles. The van der Waals surface area contributed by atoms with Gasteiger partial charge in [0.1, 0.15) is 5.82 Å². The Kier molecular flexibility index (Phi) is 5.76. The van der Waals surface area contributed by atoms with Gasteiger partial charge in [-0.15, -0.1) is 0 Å². The van der Waals surface area contributed by atoms with Gasteiger partial charge in [0.2, 0.25) is 0 Å². The van der Waals surface area contributed by atoms with Crippen LogP contribution < -0.4 is 11.1 Å². The number of hydrogen-bond donors (Lipinski definition) is 2.